The molecule has 28 heavy (non-hydrogen) atoms. The molecule has 3 aromatic carbocycles. The third kappa shape index (κ3) is 3.31. The van der Waals surface area contributed by atoms with Crippen molar-refractivity contribution in [1.29, 1.82) is 0 Å². The van der Waals surface area contributed by atoms with Gasteiger partial charge in [0, 0.05) is 5.92 Å². The molecule has 3 aromatic rings. The minimum Gasteiger partial charge on any atom is -0.485 e. The zero-order valence-electron chi connectivity index (χ0n) is 15.5. The van der Waals surface area contributed by atoms with Gasteiger partial charge in [0.2, 0.25) is 0 Å². The third-order valence-electron chi connectivity index (χ3n) is 5.28. The molecule has 0 radical (unpaired) electrons. The summed E-state index contributed by atoms with van der Waals surface area (Å²) in [5.41, 5.74) is 6.92. The molecule has 1 aliphatic heterocycles. The molecule has 1 heterocycles. The van der Waals surface area contributed by atoms with Crippen molar-refractivity contribution in [1.82, 2.24) is 0 Å². The number of carbonyl (C=O) groups excluding carboxylic acids is 2. The highest BCUT2D eigenvalue weighted by Gasteiger charge is 2.38. The first-order chi connectivity index (χ1) is 13.5. The van der Waals surface area contributed by atoms with Crippen molar-refractivity contribution in [3.8, 4) is 5.75 Å². The van der Waals surface area contributed by atoms with Crippen molar-refractivity contribution in [2.75, 3.05) is 0 Å². The van der Waals surface area contributed by atoms with E-state index in [9.17, 15) is 9.59 Å². The van der Waals surface area contributed by atoms with Crippen LogP contribution in [-0.4, -0.2) is 24.1 Å². The first kappa shape index (κ1) is 18.0. The van der Waals surface area contributed by atoms with Crippen LogP contribution < -0.4 is 10.5 Å². The van der Waals surface area contributed by atoms with Gasteiger partial charge in [-0.15, -0.1) is 0 Å². The van der Waals surface area contributed by atoms with Crippen molar-refractivity contribution in [3.63, 3.8) is 0 Å². The average Bonchev–Trinajstić information content (AvgIpc) is 2.71. The molecule has 0 saturated carbocycles. The van der Waals surface area contributed by atoms with E-state index in [-0.39, 0.29) is 18.1 Å². The van der Waals surface area contributed by atoms with Crippen LogP contribution in [0.15, 0.2) is 66.7 Å². The topological polar surface area (TPSA) is 78.6 Å². The summed E-state index contributed by atoms with van der Waals surface area (Å²) in [6.45, 7) is 1.96. The Morgan fingerprint density at radius 3 is 2.61 bits per heavy atom. The van der Waals surface area contributed by atoms with Gasteiger partial charge in [-0.05, 0) is 28.5 Å². The minimum absolute atomic E-state index is 0.0324. The van der Waals surface area contributed by atoms with Crippen LogP contribution in [0.5, 0.6) is 5.75 Å². The predicted octanol–water partition coefficient (Wildman–Crippen LogP) is 4.44. The summed E-state index contributed by atoms with van der Waals surface area (Å²) in [5, 5.41) is 2.16. The quantitative estimate of drug-likeness (QED) is 0.731. The van der Waals surface area contributed by atoms with E-state index < -0.39 is 18.3 Å². The zero-order valence-corrected chi connectivity index (χ0v) is 15.5. The Hall–Kier alpha value is -3.34. The Bertz CT molecular complexity index is 1040. The molecule has 4 rings (SSSR count). The second kappa shape index (κ2) is 7.35. The summed E-state index contributed by atoms with van der Waals surface area (Å²) in [5.74, 6) is 0.253. The standard InChI is InChI=1S/C23H21NO4/c1-14(16-11-6-8-15-7-2-3-9-17(15)16)22(28-23(24)26)21-13-19(25)18-10-4-5-12-20(18)27-21/h2-12,14,21-22H,13H2,1H3,(H2,24,26)/t14?,21-,22?/m1/s1. The number of Topliss-reactive ketones (excluding diaryl/α,β-unsaturated/α-hetero) is 1. The number of para-hydroxylation sites is 1. The number of amides is 1. The Kier molecular flexibility index (Phi) is 4.74. The maximum absolute atomic E-state index is 12.6. The lowest BCUT2D eigenvalue weighted by Crippen LogP contribution is -2.44. The van der Waals surface area contributed by atoms with E-state index in [1.807, 2.05) is 55.5 Å². The molecule has 2 N–H and O–H groups in total. The average molecular weight is 375 g/mol. The summed E-state index contributed by atoms with van der Waals surface area (Å²) in [6, 6.07) is 21.1. The highest BCUT2D eigenvalue weighted by Crippen LogP contribution is 2.35. The molecule has 0 fully saturated rings. The van der Waals surface area contributed by atoms with Crippen LogP contribution in [-0.2, 0) is 4.74 Å². The van der Waals surface area contributed by atoms with E-state index in [2.05, 4.69) is 0 Å². The lowest BCUT2D eigenvalue weighted by Gasteiger charge is -2.34. The molecule has 5 nitrogen and oxygen atoms in total. The van der Waals surface area contributed by atoms with E-state index in [1.165, 1.54) is 0 Å². The van der Waals surface area contributed by atoms with Crippen LogP contribution in [0.25, 0.3) is 10.8 Å². The van der Waals surface area contributed by atoms with Gasteiger partial charge < -0.3 is 15.2 Å². The fourth-order valence-electron chi connectivity index (χ4n) is 3.94. The smallest absolute Gasteiger partial charge is 0.404 e. The van der Waals surface area contributed by atoms with Gasteiger partial charge in [0.05, 0.1) is 12.0 Å². The first-order valence-corrected chi connectivity index (χ1v) is 9.27. The number of carbonyl (C=O) groups is 2. The number of rotatable bonds is 4. The molecule has 142 valence electrons. The van der Waals surface area contributed by atoms with Crippen LogP contribution >= 0.6 is 0 Å². The van der Waals surface area contributed by atoms with Crippen LogP contribution in [0.3, 0.4) is 0 Å². The second-order valence-electron chi connectivity index (χ2n) is 7.04. The number of fused-ring (bicyclic) bond motifs is 2. The fraction of sp³-hybridized carbons (Fsp3) is 0.217. The highest BCUT2D eigenvalue weighted by atomic mass is 16.6. The number of ether oxygens (including phenoxy) is 2. The highest BCUT2D eigenvalue weighted by molar-refractivity contribution is 6.00. The largest absolute Gasteiger partial charge is 0.485 e. The van der Waals surface area contributed by atoms with E-state index in [0.29, 0.717) is 11.3 Å². The lowest BCUT2D eigenvalue weighted by molar-refractivity contribution is 0.000638. The van der Waals surface area contributed by atoms with Gasteiger partial charge in [0.15, 0.2) is 5.78 Å². The summed E-state index contributed by atoms with van der Waals surface area (Å²) in [6.07, 6.45) is -2.05. The predicted molar refractivity (Wildman–Crippen MR) is 107 cm³/mol. The van der Waals surface area contributed by atoms with Crippen molar-refractivity contribution in [2.24, 2.45) is 5.73 Å². The van der Waals surface area contributed by atoms with Gasteiger partial charge >= 0.3 is 6.09 Å². The molecular weight excluding hydrogens is 354 g/mol. The van der Waals surface area contributed by atoms with E-state index in [0.717, 1.165) is 16.3 Å². The van der Waals surface area contributed by atoms with Crippen LogP contribution in [0, 0.1) is 0 Å². The first-order valence-electron chi connectivity index (χ1n) is 9.27. The lowest BCUT2D eigenvalue weighted by atomic mass is 9.85. The molecule has 0 aliphatic carbocycles. The van der Waals surface area contributed by atoms with E-state index in [4.69, 9.17) is 15.2 Å². The molecule has 1 amide bonds. The van der Waals surface area contributed by atoms with Crippen molar-refractivity contribution in [2.45, 2.75) is 31.5 Å². The number of hydrogen-bond acceptors (Lipinski definition) is 4. The van der Waals surface area contributed by atoms with Crippen LogP contribution in [0.4, 0.5) is 4.79 Å². The number of hydrogen-bond donors (Lipinski definition) is 1. The third-order valence-corrected chi connectivity index (χ3v) is 5.28. The van der Waals surface area contributed by atoms with Gasteiger partial charge in [-0.3, -0.25) is 4.79 Å². The molecule has 0 saturated heterocycles. The van der Waals surface area contributed by atoms with Crippen LogP contribution in [0.2, 0.25) is 0 Å². The van der Waals surface area contributed by atoms with Crippen molar-refractivity contribution >= 4 is 22.6 Å². The van der Waals surface area contributed by atoms with Gasteiger partial charge in [-0.2, -0.15) is 0 Å². The zero-order chi connectivity index (χ0) is 19.7. The Morgan fingerprint density at radius 1 is 1.07 bits per heavy atom. The summed E-state index contributed by atoms with van der Waals surface area (Å²) in [4.78, 5) is 24.2. The molecular formula is C23H21NO4. The Morgan fingerprint density at radius 2 is 1.79 bits per heavy atom. The second-order valence-corrected chi connectivity index (χ2v) is 7.04. The van der Waals surface area contributed by atoms with Crippen molar-refractivity contribution in [3.05, 3.63) is 77.9 Å². The van der Waals surface area contributed by atoms with Crippen LogP contribution in [0.1, 0.15) is 35.2 Å². The summed E-state index contributed by atoms with van der Waals surface area (Å²) in [7, 11) is 0. The SMILES string of the molecule is CC(c1cccc2ccccc12)C(OC(N)=O)[C@H]1CC(=O)c2ccccc2O1. The van der Waals surface area contributed by atoms with Gasteiger partial charge in [0.25, 0.3) is 0 Å². The fourth-order valence-corrected chi connectivity index (χ4v) is 3.94. The molecule has 1 aliphatic rings. The van der Waals surface area contributed by atoms with E-state index >= 15 is 0 Å². The molecule has 0 bridgehead atoms. The maximum atomic E-state index is 12.6. The van der Waals surface area contributed by atoms with Gasteiger partial charge in [0.1, 0.15) is 18.0 Å². The summed E-state index contributed by atoms with van der Waals surface area (Å²) < 4.78 is 11.5. The Balaban J connectivity index is 1.72. The number of benzene rings is 3. The number of ketones is 1. The molecule has 5 heteroatoms. The molecule has 2 unspecified atom stereocenters. The maximum Gasteiger partial charge on any atom is 0.404 e. The summed E-state index contributed by atoms with van der Waals surface area (Å²) >= 11 is 0. The molecule has 0 aromatic heterocycles. The monoisotopic (exact) mass is 375 g/mol. The number of nitrogens with two attached hydrogens (primary N) is 1. The van der Waals surface area contributed by atoms with Gasteiger partial charge in [-0.1, -0.05) is 61.5 Å². The molecule has 0 spiro atoms. The number of primary amides is 1. The van der Waals surface area contributed by atoms with E-state index in [1.54, 1.807) is 18.2 Å². The Labute approximate surface area is 163 Å². The van der Waals surface area contributed by atoms with Gasteiger partial charge in [-0.25, -0.2) is 4.79 Å². The molecule has 3 atom stereocenters. The minimum atomic E-state index is -0.882. The van der Waals surface area contributed by atoms with Crippen molar-refractivity contribution < 1.29 is 19.1 Å². The normalized spacial score (nSPS) is 18.0.